The Kier molecular flexibility index (Phi) is 8.68. The van der Waals surface area contributed by atoms with Crippen LogP contribution in [-0.2, 0) is 11.3 Å². The lowest BCUT2D eigenvalue weighted by molar-refractivity contribution is -0.118. The van der Waals surface area contributed by atoms with Crippen LogP contribution in [0.25, 0.3) is 0 Å². The molecular formula is C19H27N3O2. The maximum atomic E-state index is 10.9. The topological polar surface area (TPSA) is 74.2 Å². The number of rotatable bonds is 9. The van der Waals surface area contributed by atoms with E-state index in [1.807, 2.05) is 38.1 Å². The smallest absolute Gasteiger partial charge is 0.217 e. The molecule has 3 N–H and O–H groups in total. The number of nitrogens with one attached hydrogen (secondary N) is 2. The van der Waals surface area contributed by atoms with E-state index in [0.717, 1.165) is 28.0 Å². The van der Waals surface area contributed by atoms with Crippen molar-refractivity contribution in [2.45, 2.75) is 27.3 Å². The molecule has 5 heteroatoms. The van der Waals surface area contributed by atoms with Crippen LogP contribution in [-0.4, -0.2) is 35.7 Å². The van der Waals surface area contributed by atoms with Crippen LogP contribution in [0.15, 0.2) is 53.8 Å². The van der Waals surface area contributed by atoms with Crippen molar-refractivity contribution in [3.63, 3.8) is 0 Å². The number of hydrogen-bond acceptors (Lipinski definition) is 4. The number of amides is 1. The monoisotopic (exact) mass is 329 g/mol. The fourth-order valence-electron chi connectivity index (χ4n) is 1.99. The van der Waals surface area contributed by atoms with Crippen LogP contribution in [0.2, 0.25) is 0 Å². The third-order valence-electron chi connectivity index (χ3n) is 3.60. The molecule has 0 saturated heterocycles. The van der Waals surface area contributed by atoms with Crippen molar-refractivity contribution in [1.29, 1.82) is 0 Å². The van der Waals surface area contributed by atoms with Gasteiger partial charge in [0.2, 0.25) is 5.91 Å². The van der Waals surface area contributed by atoms with E-state index in [-0.39, 0.29) is 12.5 Å². The second kappa shape index (κ2) is 10.5. The predicted octanol–water partition coefficient (Wildman–Crippen LogP) is 2.04. The zero-order chi connectivity index (χ0) is 17.9. The lowest BCUT2D eigenvalue weighted by Crippen LogP contribution is -2.21. The molecule has 0 aliphatic rings. The molecule has 1 aromatic rings. The highest BCUT2D eigenvalue weighted by atomic mass is 16.3. The molecule has 0 aliphatic carbocycles. The third kappa shape index (κ3) is 7.35. The number of aliphatic hydroxyl groups is 1. The Bertz CT molecular complexity index is 633. The summed E-state index contributed by atoms with van der Waals surface area (Å²) in [6, 6.07) is 3.95. The first kappa shape index (κ1) is 19.8. The maximum Gasteiger partial charge on any atom is 0.217 e. The summed E-state index contributed by atoms with van der Waals surface area (Å²) in [5.74, 6) is -0.0840. The van der Waals surface area contributed by atoms with Crippen LogP contribution >= 0.6 is 0 Å². The summed E-state index contributed by atoms with van der Waals surface area (Å²) in [4.78, 5) is 15.3. The fourth-order valence-corrected chi connectivity index (χ4v) is 1.99. The van der Waals surface area contributed by atoms with Gasteiger partial charge in [-0.05, 0) is 42.2 Å². The highest BCUT2D eigenvalue weighted by Gasteiger charge is 2.02. The highest BCUT2D eigenvalue weighted by molar-refractivity contribution is 5.73. The second-order valence-corrected chi connectivity index (χ2v) is 5.74. The number of aliphatic hydroxyl groups excluding tert-OH is 1. The van der Waals surface area contributed by atoms with E-state index in [0.29, 0.717) is 19.6 Å². The molecule has 5 nitrogen and oxygen atoms in total. The van der Waals surface area contributed by atoms with Gasteiger partial charge in [-0.1, -0.05) is 24.8 Å². The number of pyridine rings is 1. The number of carbonyl (C=O) groups is 1. The average molecular weight is 329 g/mol. The molecule has 1 aromatic heterocycles. The van der Waals surface area contributed by atoms with Crippen molar-refractivity contribution >= 4 is 5.91 Å². The summed E-state index contributed by atoms with van der Waals surface area (Å²) < 4.78 is 0. The van der Waals surface area contributed by atoms with E-state index in [1.165, 1.54) is 6.92 Å². The van der Waals surface area contributed by atoms with Crippen molar-refractivity contribution in [2.24, 2.45) is 0 Å². The summed E-state index contributed by atoms with van der Waals surface area (Å²) >= 11 is 0. The van der Waals surface area contributed by atoms with Gasteiger partial charge in [-0.2, -0.15) is 0 Å². The number of aromatic nitrogens is 1. The van der Waals surface area contributed by atoms with Gasteiger partial charge >= 0.3 is 0 Å². The zero-order valence-corrected chi connectivity index (χ0v) is 14.7. The highest BCUT2D eigenvalue weighted by Crippen LogP contribution is 2.08. The first-order valence-corrected chi connectivity index (χ1v) is 7.95. The molecule has 1 heterocycles. The largest absolute Gasteiger partial charge is 0.392 e. The second-order valence-electron chi connectivity index (χ2n) is 5.74. The van der Waals surface area contributed by atoms with Gasteiger partial charge in [-0.3, -0.25) is 9.78 Å². The molecule has 0 aliphatic heterocycles. The Morgan fingerprint density at radius 1 is 1.33 bits per heavy atom. The molecule has 0 atom stereocenters. The molecule has 24 heavy (non-hydrogen) atoms. The van der Waals surface area contributed by atoms with E-state index >= 15 is 0 Å². The predicted molar refractivity (Wildman–Crippen MR) is 97.4 cm³/mol. The fraction of sp³-hybridized carbons (Fsp3) is 0.368. The molecule has 130 valence electrons. The van der Waals surface area contributed by atoms with Crippen LogP contribution in [0.4, 0.5) is 0 Å². The average Bonchev–Trinajstić information content (AvgIpc) is 2.56. The van der Waals surface area contributed by atoms with Crippen LogP contribution < -0.4 is 10.6 Å². The molecule has 1 rings (SSSR count). The minimum atomic E-state index is -0.0840. The van der Waals surface area contributed by atoms with Crippen molar-refractivity contribution in [3.05, 3.63) is 65.0 Å². The lowest BCUT2D eigenvalue weighted by Gasteiger charge is -2.10. The molecule has 0 unspecified atom stereocenters. The van der Waals surface area contributed by atoms with Crippen molar-refractivity contribution in [3.8, 4) is 0 Å². The normalized spacial score (nSPS) is 12.2. The molecular weight excluding hydrogens is 302 g/mol. The van der Waals surface area contributed by atoms with Gasteiger partial charge in [-0.25, -0.2) is 0 Å². The third-order valence-corrected chi connectivity index (χ3v) is 3.60. The zero-order valence-electron chi connectivity index (χ0n) is 14.7. The van der Waals surface area contributed by atoms with E-state index in [2.05, 4.69) is 22.2 Å². The van der Waals surface area contributed by atoms with Gasteiger partial charge < -0.3 is 15.7 Å². The Balaban J connectivity index is 2.62. The summed E-state index contributed by atoms with van der Waals surface area (Å²) in [6.45, 7) is 11.0. The van der Waals surface area contributed by atoms with E-state index < -0.39 is 0 Å². The first-order chi connectivity index (χ1) is 11.4. The number of nitrogens with zero attached hydrogens (tertiary/aromatic N) is 1. The van der Waals surface area contributed by atoms with E-state index in [1.54, 1.807) is 6.20 Å². The molecule has 0 fully saturated rings. The molecule has 0 spiro atoms. The minimum Gasteiger partial charge on any atom is -0.392 e. The number of carbonyl (C=O) groups excluding carboxylic acids is 1. The van der Waals surface area contributed by atoms with Crippen molar-refractivity contribution in [2.75, 3.05) is 19.7 Å². The Hall–Kier alpha value is -2.24. The Morgan fingerprint density at radius 3 is 2.71 bits per heavy atom. The van der Waals surface area contributed by atoms with Gasteiger partial charge in [0.1, 0.15) is 0 Å². The molecule has 0 radical (unpaired) electrons. The first-order valence-electron chi connectivity index (χ1n) is 7.95. The van der Waals surface area contributed by atoms with Gasteiger partial charge in [0.15, 0.2) is 0 Å². The number of aryl methyl sites for hydroxylation is 1. The van der Waals surface area contributed by atoms with E-state index in [4.69, 9.17) is 0 Å². The van der Waals surface area contributed by atoms with Crippen LogP contribution in [0, 0.1) is 6.92 Å². The Morgan fingerprint density at radius 2 is 2.08 bits per heavy atom. The summed E-state index contributed by atoms with van der Waals surface area (Å²) in [5.41, 5.74) is 4.85. The summed E-state index contributed by atoms with van der Waals surface area (Å²) in [5, 5.41) is 15.4. The van der Waals surface area contributed by atoms with Gasteiger partial charge in [-0.15, -0.1) is 0 Å². The van der Waals surface area contributed by atoms with Crippen LogP contribution in [0.5, 0.6) is 0 Å². The van der Waals surface area contributed by atoms with E-state index in [9.17, 15) is 9.90 Å². The summed E-state index contributed by atoms with van der Waals surface area (Å²) in [7, 11) is 0. The van der Waals surface area contributed by atoms with Crippen LogP contribution in [0.1, 0.15) is 25.1 Å². The SMILES string of the molecule is C=C(/C=C\C(CNCc1ncccc1C)=C(/C)CO)CNC(C)=O. The van der Waals surface area contributed by atoms with Crippen LogP contribution in [0.3, 0.4) is 0 Å². The van der Waals surface area contributed by atoms with Gasteiger partial charge in [0.25, 0.3) is 0 Å². The standard InChI is InChI=1S/C19H27N3O2/c1-14(10-22-17(4)24)7-8-18(16(3)13-23)11-20-12-19-15(2)6-5-9-21-19/h5-9,20,23H,1,10-13H2,2-4H3,(H,22,24)/b8-7-,18-16-. The molecule has 1 amide bonds. The van der Waals surface area contributed by atoms with Crippen molar-refractivity contribution in [1.82, 2.24) is 15.6 Å². The van der Waals surface area contributed by atoms with Gasteiger partial charge in [0, 0.05) is 32.8 Å². The lowest BCUT2D eigenvalue weighted by atomic mass is 10.1. The molecule has 0 aromatic carbocycles. The molecule has 0 saturated carbocycles. The quantitative estimate of drug-likeness (QED) is 0.606. The summed E-state index contributed by atoms with van der Waals surface area (Å²) in [6.07, 6.45) is 5.57. The molecule has 0 bridgehead atoms. The Labute approximate surface area is 144 Å². The van der Waals surface area contributed by atoms with Crippen molar-refractivity contribution < 1.29 is 9.90 Å². The number of hydrogen-bond donors (Lipinski definition) is 3. The maximum absolute atomic E-state index is 10.9. The minimum absolute atomic E-state index is 0.00212. The van der Waals surface area contributed by atoms with Gasteiger partial charge in [0.05, 0.1) is 12.3 Å².